The summed E-state index contributed by atoms with van der Waals surface area (Å²) in [5, 5.41) is 3.81. The van der Waals surface area contributed by atoms with Crippen molar-refractivity contribution in [3.63, 3.8) is 0 Å². The summed E-state index contributed by atoms with van der Waals surface area (Å²) in [5.41, 5.74) is 3.03. The largest absolute Gasteiger partial charge is 0.326 e. The van der Waals surface area contributed by atoms with E-state index in [1.165, 1.54) is 50.5 Å². The van der Waals surface area contributed by atoms with Gasteiger partial charge in [-0.2, -0.15) is 0 Å². The number of aromatic nitrogens is 1. The molecule has 20 heavy (non-hydrogen) atoms. The lowest BCUT2D eigenvalue weighted by molar-refractivity contribution is 0.250. The molecule has 3 heteroatoms. The standard InChI is InChI=1S/C17H26N2O/c1-2-17(10-3-4-11-17)12-18-14-6-5-7-15-13(14)8-9-16(20)19-15/h8-9,14,18H,2-7,10-12H2,1H3,(H,19,20). The summed E-state index contributed by atoms with van der Waals surface area (Å²) in [6, 6.07) is 4.13. The normalized spacial score (nSPS) is 24.6. The van der Waals surface area contributed by atoms with Crippen LogP contribution >= 0.6 is 0 Å². The Bertz CT molecular complexity index is 514. The third kappa shape index (κ3) is 2.69. The zero-order chi connectivity index (χ0) is 14.0. The van der Waals surface area contributed by atoms with Crippen LogP contribution in [0.2, 0.25) is 0 Å². The number of hydrogen-bond donors (Lipinski definition) is 2. The molecule has 1 heterocycles. The van der Waals surface area contributed by atoms with Crippen molar-refractivity contribution < 1.29 is 0 Å². The average molecular weight is 274 g/mol. The van der Waals surface area contributed by atoms with E-state index in [9.17, 15) is 4.79 Å². The van der Waals surface area contributed by atoms with E-state index in [2.05, 4.69) is 17.2 Å². The molecule has 2 aliphatic carbocycles. The molecule has 1 fully saturated rings. The van der Waals surface area contributed by atoms with Gasteiger partial charge in [0.25, 0.3) is 0 Å². The van der Waals surface area contributed by atoms with E-state index in [1.807, 2.05) is 6.07 Å². The number of aromatic amines is 1. The van der Waals surface area contributed by atoms with Crippen LogP contribution in [0.25, 0.3) is 0 Å². The van der Waals surface area contributed by atoms with E-state index in [-0.39, 0.29) is 5.56 Å². The molecule has 1 saturated carbocycles. The van der Waals surface area contributed by atoms with Crippen LogP contribution in [-0.4, -0.2) is 11.5 Å². The highest BCUT2D eigenvalue weighted by atomic mass is 16.1. The maximum absolute atomic E-state index is 11.4. The number of H-pyrrole nitrogens is 1. The summed E-state index contributed by atoms with van der Waals surface area (Å²) in [4.78, 5) is 14.5. The van der Waals surface area contributed by atoms with Crippen LogP contribution in [0.3, 0.4) is 0 Å². The molecule has 2 aliphatic rings. The van der Waals surface area contributed by atoms with Gasteiger partial charge in [-0.3, -0.25) is 4.79 Å². The molecule has 1 unspecified atom stereocenters. The fraction of sp³-hybridized carbons (Fsp3) is 0.706. The Balaban J connectivity index is 1.71. The Morgan fingerprint density at radius 1 is 1.30 bits per heavy atom. The molecular formula is C17H26N2O. The number of nitrogens with one attached hydrogen (secondary N) is 2. The molecule has 3 rings (SSSR count). The third-order valence-corrected chi connectivity index (χ3v) is 5.47. The molecule has 3 nitrogen and oxygen atoms in total. The number of pyridine rings is 1. The monoisotopic (exact) mass is 274 g/mol. The highest BCUT2D eigenvalue weighted by Crippen LogP contribution is 2.41. The van der Waals surface area contributed by atoms with Gasteiger partial charge in [-0.05, 0) is 49.5 Å². The molecule has 2 N–H and O–H groups in total. The molecule has 0 radical (unpaired) electrons. The summed E-state index contributed by atoms with van der Waals surface area (Å²) in [7, 11) is 0. The maximum Gasteiger partial charge on any atom is 0.248 e. The first kappa shape index (κ1) is 13.9. The van der Waals surface area contributed by atoms with Crippen LogP contribution in [0.1, 0.15) is 69.2 Å². The first-order valence-electron chi connectivity index (χ1n) is 8.18. The molecule has 0 aromatic carbocycles. The molecule has 1 atom stereocenters. The van der Waals surface area contributed by atoms with Crippen molar-refractivity contribution in [2.75, 3.05) is 6.54 Å². The van der Waals surface area contributed by atoms with Crippen molar-refractivity contribution in [1.29, 1.82) is 0 Å². The fourth-order valence-corrected chi connectivity index (χ4v) is 4.03. The predicted octanol–water partition coefficient (Wildman–Crippen LogP) is 3.31. The van der Waals surface area contributed by atoms with Crippen LogP contribution in [-0.2, 0) is 6.42 Å². The van der Waals surface area contributed by atoms with Crippen molar-refractivity contribution in [2.24, 2.45) is 5.41 Å². The van der Waals surface area contributed by atoms with Gasteiger partial charge in [0.15, 0.2) is 0 Å². The lowest BCUT2D eigenvalue weighted by Gasteiger charge is -2.33. The van der Waals surface area contributed by atoms with Gasteiger partial charge in [0.2, 0.25) is 5.56 Å². The summed E-state index contributed by atoms with van der Waals surface area (Å²) in [6.45, 7) is 3.46. The third-order valence-electron chi connectivity index (χ3n) is 5.47. The van der Waals surface area contributed by atoms with Gasteiger partial charge >= 0.3 is 0 Å². The highest BCUT2D eigenvalue weighted by Gasteiger charge is 2.33. The second-order valence-electron chi connectivity index (χ2n) is 6.64. The first-order chi connectivity index (χ1) is 9.72. The van der Waals surface area contributed by atoms with Gasteiger partial charge < -0.3 is 10.3 Å². The average Bonchev–Trinajstić information content (AvgIpc) is 2.94. The Labute approximate surface area is 121 Å². The van der Waals surface area contributed by atoms with E-state index in [0.29, 0.717) is 11.5 Å². The molecule has 1 aromatic rings. The second kappa shape index (κ2) is 5.72. The quantitative estimate of drug-likeness (QED) is 0.884. The van der Waals surface area contributed by atoms with Crippen molar-refractivity contribution in [1.82, 2.24) is 10.3 Å². The van der Waals surface area contributed by atoms with Gasteiger partial charge in [0.1, 0.15) is 0 Å². The van der Waals surface area contributed by atoms with Crippen LogP contribution in [0.5, 0.6) is 0 Å². The summed E-state index contributed by atoms with van der Waals surface area (Å²) in [5.74, 6) is 0. The van der Waals surface area contributed by atoms with E-state index in [4.69, 9.17) is 0 Å². The topological polar surface area (TPSA) is 44.9 Å². The molecule has 0 aliphatic heterocycles. The van der Waals surface area contributed by atoms with E-state index < -0.39 is 0 Å². The number of rotatable bonds is 4. The van der Waals surface area contributed by atoms with E-state index in [1.54, 1.807) is 6.07 Å². The lowest BCUT2D eigenvalue weighted by Crippen LogP contribution is -2.36. The minimum atomic E-state index is 0.0326. The Kier molecular flexibility index (Phi) is 3.97. The van der Waals surface area contributed by atoms with Crippen molar-refractivity contribution >= 4 is 0 Å². The van der Waals surface area contributed by atoms with Crippen LogP contribution in [0, 0.1) is 5.41 Å². The molecule has 0 spiro atoms. The number of aryl methyl sites for hydroxylation is 1. The van der Waals surface area contributed by atoms with Gasteiger partial charge in [-0.1, -0.05) is 25.8 Å². The van der Waals surface area contributed by atoms with Crippen LogP contribution in [0.4, 0.5) is 0 Å². The number of hydrogen-bond acceptors (Lipinski definition) is 2. The fourth-order valence-electron chi connectivity index (χ4n) is 4.03. The zero-order valence-electron chi connectivity index (χ0n) is 12.5. The Morgan fingerprint density at radius 2 is 2.10 bits per heavy atom. The predicted molar refractivity (Wildman–Crippen MR) is 81.9 cm³/mol. The van der Waals surface area contributed by atoms with Crippen molar-refractivity contribution in [3.8, 4) is 0 Å². The smallest absolute Gasteiger partial charge is 0.248 e. The highest BCUT2D eigenvalue weighted by molar-refractivity contribution is 5.26. The van der Waals surface area contributed by atoms with Crippen LogP contribution in [0.15, 0.2) is 16.9 Å². The summed E-state index contributed by atoms with van der Waals surface area (Å²) >= 11 is 0. The van der Waals surface area contributed by atoms with Crippen LogP contribution < -0.4 is 10.9 Å². The molecule has 110 valence electrons. The molecule has 0 saturated heterocycles. The van der Waals surface area contributed by atoms with Gasteiger partial charge in [0, 0.05) is 24.3 Å². The van der Waals surface area contributed by atoms with Gasteiger partial charge in [0.05, 0.1) is 0 Å². The molecular weight excluding hydrogens is 248 g/mol. The number of fused-ring (bicyclic) bond motifs is 1. The minimum Gasteiger partial charge on any atom is -0.326 e. The van der Waals surface area contributed by atoms with Crippen molar-refractivity contribution in [3.05, 3.63) is 33.7 Å². The second-order valence-corrected chi connectivity index (χ2v) is 6.64. The Morgan fingerprint density at radius 3 is 2.85 bits per heavy atom. The first-order valence-corrected chi connectivity index (χ1v) is 8.18. The molecule has 0 amide bonds. The van der Waals surface area contributed by atoms with Gasteiger partial charge in [-0.15, -0.1) is 0 Å². The minimum absolute atomic E-state index is 0.0326. The Hall–Kier alpha value is -1.09. The molecule has 0 bridgehead atoms. The molecule has 1 aromatic heterocycles. The van der Waals surface area contributed by atoms with E-state index in [0.717, 1.165) is 18.7 Å². The maximum atomic E-state index is 11.4. The van der Waals surface area contributed by atoms with Crippen molar-refractivity contribution in [2.45, 2.75) is 64.3 Å². The lowest BCUT2D eigenvalue weighted by atomic mass is 9.82. The summed E-state index contributed by atoms with van der Waals surface area (Å²) < 4.78 is 0. The van der Waals surface area contributed by atoms with E-state index >= 15 is 0 Å². The zero-order valence-corrected chi connectivity index (χ0v) is 12.5. The summed E-state index contributed by atoms with van der Waals surface area (Å²) in [6.07, 6.45) is 10.2. The van der Waals surface area contributed by atoms with Gasteiger partial charge in [-0.25, -0.2) is 0 Å². The SMILES string of the molecule is CCC1(CNC2CCCc3[nH]c(=O)ccc32)CCCC1.